The molecule has 12 nitrogen and oxygen atoms in total. The van der Waals surface area contributed by atoms with Crippen molar-refractivity contribution in [3.8, 4) is 0 Å². The van der Waals surface area contributed by atoms with Gasteiger partial charge in [0.15, 0.2) is 22.1 Å². The number of sulfonamides is 1. The lowest BCUT2D eigenvalue weighted by Crippen LogP contribution is -2.31. The molecule has 1 unspecified atom stereocenters. The highest BCUT2D eigenvalue weighted by atomic mass is 32.2. The van der Waals surface area contributed by atoms with Gasteiger partial charge in [-0.1, -0.05) is 35.5 Å². The number of nitro benzene ring substituents is 1. The lowest BCUT2D eigenvalue weighted by Gasteiger charge is -2.24. The summed E-state index contributed by atoms with van der Waals surface area (Å²) in [6, 6.07) is 17.0. The number of carbonyl (C=O) groups is 2. The second-order valence-corrected chi connectivity index (χ2v) is 10.7. The third kappa shape index (κ3) is 5.73. The Hall–Kier alpha value is -4.91. The summed E-state index contributed by atoms with van der Waals surface area (Å²) in [6.45, 7) is 2.66. The molecule has 0 fully saturated rings. The highest BCUT2D eigenvalue weighted by molar-refractivity contribution is 7.93. The fourth-order valence-corrected chi connectivity index (χ4v) is 5.53. The number of carbonyl (C=O) groups excluding carboxylic acids is 2. The molecule has 0 aliphatic carbocycles. The number of para-hydroxylation sites is 1. The summed E-state index contributed by atoms with van der Waals surface area (Å²) in [6.07, 6.45) is 1.62. The van der Waals surface area contributed by atoms with Crippen LogP contribution in [0.4, 0.5) is 11.4 Å². The van der Waals surface area contributed by atoms with Gasteiger partial charge in [0.05, 0.1) is 28.9 Å². The normalized spacial score (nSPS) is 12.0. The van der Waals surface area contributed by atoms with E-state index in [4.69, 9.17) is 4.52 Å². The fourth-order valence-electron chi connectivity index (χ4n) is 3.95. The molecule has 1 atom stereocenters. The minimum atomic E-state index is -4.56. The van der Waals surface area contributed by atoms with Gasteiger partial charge in [0.2, 0.25) is 0 Å². The minimum absolute atomic E-state index is 0.00220. The Bertz CT molecular complexity index is 1670. The van der Waals surface area contributed by atoms with Crippen molar-refractivity contribution >= 4 is 33.1 Å². The molecule has 13 heteroatoms. The quantitative estimate of drug-likeness (QED) is 0.155. The van der Waals surface area contributed by atoms with Crippen LogP contribution in [0.25, 0.3) is 0 Å². The molecule has 0 saturated heterocycles. The molecule has 2 aromatic carbocycles. The number of pyridine rings is 1. The summed E-state index contributed by atoms with van der Waals surface area (Å²) in [4.78, 5) is 41.1. The maximum Gasteiger partial charge on any atom is 0.289 e. The highest BCUT2D eigenvalue weighted by Crippen LogP contribution is 2.32. The molecular weight excluding hydrogens is 538 g/mol. The van der Waals surface area contributed by atoms with Crippen molar-refractivity contribution < 1.29 is 27.5 Å². The lowest BCUT2D eigenvalue weighted by molar-refractivity contribution is -0.387. The van der Waals surface area contributed by atoms with Crippen LogP contribution in [0.5, 0.6) is 0 Å². The second-order valence-electron chi connectivity index (χ2n) is 8.87. The first kappa shape index (κ1) is 28.1. The van der Waals surface area contributed by atoms with Crippen LogP contribution >= 0.6 is 0 Å². The third-order valence-electron chi connectivity index (χ3n) is 6.27. The standard InChI is InChI=1S/C27H25N5O7S/c1-18(23-11-6-7-14-28-23)30(3)27(34)24-16-22(39-29-24)17-31(21-10-8-9-20(15-21)19(2)33)40(37,38)26-13-5-4-12-25(26)32(35)36/h4-16,18H,17H2,1-3H3. The number of aromatic nitrogens is 2. The van der Waals surface area contributed by atoms with Gasteiger partial charge in [-0.2, -0.15) is 0 Å². The van der Waals surface area contributed by atoms with Crippen molar-refractivity contribution in [2.75, 3.05) is 11.4 Å². The zero-order valence-corrected chi connectivity index (χ0v) is 22.6. The maximum absolute atomic E-state index is 13.8. The first-order chi connectivity index (χ1) is 19.0. The summed E-state index contributed by atoms with van der Waals surface area (Å²) in [7, 11) is -2.98. The van der Waals surface area contributed by atoms with Gasteiger partial charge in [-0.15, -0.1) is 0 Å². The topological polar surface area (TPSA) is 157 Å². The van der Waals surface area contributed by atoms with E-state index in [-0.39, 0.29) is 28.5 Å². The van der Waals surface area contributed by atoms with Crippen LogP contribution in [0.2, 0.25) is 0 Å². The molecule has 0 saturated carbocycles. The smallest absolute Gasteiger partial charge is 0.289 e. The van der Waals surface area contributed by atoms with E-state index in [0.29, 0.717) is 5.69 Å². The van der Waals surface area contributed by atoms with E-state index in [2.05, 4.69) is 10.1 Å². The summed E-state index contributed by atoms with van der Waals surface area (Å²) < 4.78 is 33.9. The molecule has 1 amide bonds. The van der Waals surface area contributed by atoms with Crippen molar-refractivity contribution in [2.45, 2.75) is 31.3 Å². The fraction of sp³-hybridized carbons (Fsp3) is 0.185. The first-order valence-electron chi connectivity index (χ1n) is 12.0. The molecule has 0 N–H and O–H groups in total. The second kappa shape index (κ2) is 11.5. The molecular formula is C27H25N5O7S. The zero-order chi connectivity index (χ0) is 29.0. The Morgan fingerprint density at radius 3 is 2.45 bits per heavy atom. The largest absolute Gasteiger partial charge is 0.359 e. The van der Waals surface area contributed by atoms with E-state index in [0.717, 1.165) is 16.4 Å². The number of anilines is 1. The molecule has 4 aromatic rings. The maximum atomic E-state index is 13.8. The number of nitrogens with zero attached hydrogens (tertiary/aromatic N) is 5. The van der Waals surface area contributed by atoms with Crippen LogP contribution in [-0.4, -0.2) is 47.1 Å². The van der Waals surface area contributed by atoms with Gasteiger partial charge < -0.3 is 9.42 Å². The van der Waals surface area contributed by atoms with Crippen LogP contribution in [-0.2, 0) is 16.6 Å². The van der Waals surface area contributed by atoms with Crippen molar-refractivity contribution in [1.29, 1.82) is 0 Å². The summed E-state index contributed by atoms with van der Waals surface area (Å²) in [5.74, 6) is -0.792. The predicted octanol–water partition coefficient (Wildman–Crippen LogP) is 4.41. The Balaban J connectivity index is 1.71. The summed E-state index contributed by atoms with van der Waals surface area (Å²) >= 11 is 0. The number of amides is 1. The number of Topliss-reactive ketones (excluding diaryl/α,β-unsaturated/α-hetero) is 1. The molecule has 0 bridgehead atoms. The van der Waals surface area contributed by atoms with E-state index in [1.807, 2.05) is 0 Å². The van der Waals surface area contributed by atoms with Crippen LogP contribution in [0.3, 0.4) is 0 Å². The van der Waals surface area contributed by atoms with E-state index in [1.54, 1.807) is 38.4 Å². The molecule has 0 radical (unpaired) electrons. The Morgan fingerprint density at radius 2 is 1.77 bits per heavy atom. The molecule has 40 heavy (non-hydrogen) atoms. The Labute approximate surface area is 230 Å². The van der Waals surface area contributed by atoms with Crippen LogP contribution in [0, 0.1) is 10.1 Å². The monoisotopic (exact) mass is 563 g/mol. The SMILES string of the molecule is CC(=O)c1cccc(N(Cc2cc(C(=O)N(C)C(C)c3ccccn3)no2)S(=O)(=O)c2ccccc2[N+](=O)[O-])c1. The Kier molecular flexibility index (Phi) is 8.05. The van der Waals surface area contributed by atoms with Crippen molar-refractivity contribution in [2.24, 2.45) is 0 Å². The van der Waals surface area contributed by atoms with Crippen molar-refractivity contribution in [3.05, 3.63) is 112 Å². The van der Waals surface area contributed by atoms with Crippen molar-refractivity contribution in [3.63, 3.8) is 0 Å². The summed E-state index contributed by atoms with van der Waals surface area (Å²) in [5, 5.41) is 15.5. The van der Waals surface area contributed by atoms with Gasteiger partial charge >= 0.3 is 0 Å². The van der Waals surface area contributed by atoms with Gasteiger partial charge in [0.25, 0.3) is 21.6 Å². The zero-order valence-electron chi connectivity index (χ0n) is 21.8. The third-order valence-corrected chi connectivity index (χ3v) is 8.09. The lowest BCUT2D eigenvalue weighted by atomic mass is 10.1. The molecule has 206 valence electrons. The van der Waals surface area contributed by atoms with Crippen molar-refractivity contribution in [1.82, 2.24) is 15.0 Å². The van der Waals surface area contributed by atoms with Gasteiger partial charge in [-0.3, -0.25) is 29.0 Å². The number of hydrogen-bond acceptors (Lipinski definition) is 9. The molecule has 0 aliphatic rings. The van der Waals surface area contributed by atoms with Gasteiger partial charge in [-0.25, -0.2) is 8.42 Å². The highest BCUT2D eigenvalue weighted by Gasteiger charge is 2.33. The number of benzene rings is 2. The number of rotatable bonds is 10. The molecule has 2 heterocycles. The Morgan fingerprint density at radius 1 is 1.05 bits per heavy atom. The number of ketones is 1. The van der Waals surface area contributed by atoms with E-state index < -0.39 is 44.0 Å². The first-order valence-corrected chi connectivity index (χ1v) is 13.5. The van der Waals surface area contributed by atoms with Crippen LogP contribution in [0.1, 0.15) is 52.2 Å². The van der Waals surface area contributed by atoms with Gasteiger partial charge in [-0.05, 0) is 44.2 Å². The summed E-state index contributed by atoms with van der Waals surface area (Å²) in [5.41, 5.74) is 0.276. The van der Waals surface area contributed by atoms with Gasteiger partial charge in [0.1, 0.15) is 0 Å². The molecule has 0 aliphatic heterocycles. The average Bonchev–Trinajstić information content (AvgIpc) is 3.44. The van der Waals surface area contributed by atoms with Gasteiger partial charge in [0, 0.05) is 30.9 Å². The van der Waals surface area contributed by atoms with Crippen LogP contribution in [0.15, 0.2) is 88.4 Å². The van der Waals surface area contributed by atoms with Crippen LogP contribution < -0.4 is 4.31 Å². The predicted molar refractivity (Wildman–Crippen MR) is 144 cm³/mol. The van der Waals surface area contributed by atoms with E-state index in [9.17, 15) is 28.1 Å². The molecule has 0 spiro atoms. The minimum Gasteiger partial charge on any atom is -0.359 e. The number of hydrogen-bond donors (Lipinski definition) is 0. The molecule has 2 aromatic heterocycles. The molecule has 4 rings (SSSR count). The number of nitro groups is 1. The van der Waals surface area contributed by atoms with E-state index in [1.165, 1.54) is 54.3 Å². The van der Waals surface area contributed by atoms with E-state index >= 15 is 0 Å². The average molecular weight is 564 g/mol.